The lowest BCUT2D eigenvalue weighted by molar-refractivity contribution is 0.159. The second-order valence-corrected chi connectivity index (χ2v) is 2.95. The third-order valence-electron chi connectivity index (χ3n) is 2.08. The number of rotatable bonds is 2. The molecule has 0 aromatic heterocycles. The molecule has 0 radical (unpaired) electrons. The van der Waals surface area contributed by atoms with E-state index in [1.54, 1.807) is 0 Å². The van der Waals surface area contributed by atoms with Crippen molar-refractivity contribution in [3.8, 4) is 11.5 Å². The van der Waals surface area contributed by atoms with E-state index in [1.165, 1.54) is 12.1 Å². The van der Waals surface area contributed by atoms with E-state index in [0.29, 0.717) is 5.56 Å². The molecule has 0 fully saturated rings. The SMILES string of the molecule is NCC(O)c1ccc(F)c2c1OCO2. The highest BCUT2D eigenvalue weighted by atomic mass is 19.1. The summed E-state index contributed by atoms with van der Waals surface area (Å²) in [6.45, 7) is 0.0298. The van der Waals surface area contributed by atoms with Gasteiger partial charge < -0.3 is 20.3 Å². The molecule has 0 saturated heterocycles. The van der Waals surface area contributed by atoms with Crippen LogP contribution in [0, 0.1) is 5.82 Å². The minimum absolute atomic E-state index is 0.0272. The number of halogens is 1. The van der Waals surface area contributed by atoms with Crippen molar-refractivity contribution >= 4 is 0 Å². The number of fused-ring (bicyclic) bond motifs is 1. The van der Waals surface area contributed by atoms with Crippen LogP contribution >= 0.6 is 0 Å². The quantitative estimate of drug-likeness (QED) is 0.729. The van der Waals surface area contributed by atoms with Gasteiger partial charge in [0.2, 0.25) is 12.5 Å². The fraction of sp³-hybridized carbons (Fsp3) is 0.333. The molecule has 1 unspecified atom stereocenters. The summed E-state index contributed by atoms with van der Waals surface area (Å²) >= 11 is 0. The summed E-state index contributed by atoms with van der Waals surface area (Å²) in [4.78, 5) is 0. The van der Waals surface area contributed by atoms with Crippen LogP contribution < -0.4 is 15.2 Å². The van der Waals surface area contributed by atoms with E-state index in [4.69, 9.17) is 15.2 Å². The van der Waals surface area contributed by atoms with E-state index >= 15 is 0 Å². The highest BCUT2D eigenvalue weighted by molar-refractivity contribution is 5.50. The molecular weight excluding hydrogens is 189 g/mol. The van der Waals surface area contributed by atoms with E-state index in [0.717, 1.165) is 0 Å². The fourth-order valence-corrected chi connectivity index (χ4v) is 1.37. The van der Waals surface area contributed by atoms with Crippen LogP contribution in [0.25, 0.3) is 0 Å². The summed E-state index contributed by atoms with van der Waals surface area (Å²) in [5.74, 6) is -0.191. The predicted molar refractivity (Wildman–Crippen MR) is 46.5 cm³/mol. The maximum absolute atomic E-state index is 13.1. The third-order valence-corrected chi connectivity index (χ3v) is 2.08. The Morgan fingerprint density at radius 1 is 1.43 bits per heavy atom. The van der Waals surface area contributed by atoms with Crippen LogP contribution in [-0.2, 0) is 0 Å². The molecule has 0 aliphatic carbocycles. The number of aliphatic hydroxyl groups excluding tert-OH is 1. The Hall–Kier alpha value is -1.33. The lowest BCUT2D eigenvalue weighted by Gasteiger charge is -2.10. The first-order valence-corrected chi connectivity index (χ1v) is 4.20. The lowest BCUT2D eigenvalue weighted by Crippen LogP contribution is -2.12. The van der Waals surface area contributed by atoms with Gasteiger partial charge in [-0.2, -0.15) is 0 Å². The zero-order valence-corrected chi connectivity index (χ0v) is 7.37. The highest BCUT2D eigenvalue weighted by Crippen LogP contribution is 2.40. The second-order valence-electron chi connectivity index (χ2n) is 2.95. The highest BCUT2D eigenvalue weighted by Gasteiger charge is 2.24. The fourth-order valence-electron chi connectivity index (χ4n) is 1.37. The molecular formula is C9H10FNO3. The number of aliphatic hydroxyl groups is 1. The van der Waals surface area contributed by atoms with Gasteiger partial charge in [-0.25, -0.2) is 4.39 Å². The van der Waals surface area contributed by atoms with Crippen LogP contribution in [0.2, 0.25) is 0 Å². The lowest BCUT2D eigenvalue weighted by atomic mass is 10.1. The van der Waals surface area contributed by atoms with Crippen molar-refractivity contribution in [2.45, 2.75) is 6.10 Å². The molecule has 1 aromatic rings. The summed E-state index contributed by atoms with van der Waals surface area (Å²) in [5, 5.41) is 9.50. The molecule has 1 atom stereocenters. The first-order valence-electron chi connectivity index (χ1n) is 4.20. The number of hydrogen-bond acceptors (Lipinski definition) is 4. The van der Waals surface area contributed by atoms with Crippen molar-refractivity contribution in [2.24, 2.45) is 5.73 Å². The Labute approximate surface area is 80.0 Å². The standard InChI is InChI=1S/C9H10FNO3/c10-6-2-1-5(7(12)3-11)8-9(6)14-4-13-8/h1-2,7,12H,3-4,11H2. The van der Waals surface area contributed by atoms with Crippen molar-refractivity contribution in [3.05, 3.63) is 23.5 Å². The molecule has 1 heterocycles. The van der Waals surface area contributed by atoms with Crippen molar-refractivity contribution in [3.63, 3.8) is 0 Å². The number of benzene rings is 1. The van der Waals surface area contributed by atoms with Crippen molar-refractivity contribution < 1.29 is 19.0 Å². The molecule has 5 heteroatoms. The van der Waals surface area contributed by atoms with Crippen LogP contribution in [0.4, 0.5) is 4.39 Å². The molecule has 0 amide bonds. The van der Waals surface area contributed by atoms with E-state index in [9.17, 15) is 9.50 Å². The minimum atomic E-state index is -0.856. The van der Waals surface area contributed by atoms with Gasteiger partial charge in [0.1, 0.15) is 0 Å². The van der Waals surface area contributed by atoms with Gasteiger partial charge in [0.05, 0.1) is 6.10 Å². The Morgan fingerprint density at radius 2 is 2.14 bits per heavy atom. The molecule has 3 N–H and O–H groups in total. The number of ether oxygens (including phenoxy) is 2. The first-order chi connectivity index (χ1) is 6.74. The number of hydrogen-bond donors (Lipinski definition) is 2. The van der Waals surface area contributed by atoms with Crippen LogP contribution in [-0.4, -0.2) is 18.4 Å². The van der Waals surface area contributed by atoms with Gasteiger partial charge in [-0.3, -0.25) is 0 Å². The molecule has 0 spiro atoms. The van der Waals surface area contributed by atoms with Gasteiger partial charge in [0.15, 0.2) is 11.6 Å². The molecule has 4 nitrogen and oxygen atoms in total. The molecule has 2 rings (SSSR count). The molecule has 1 aromatic carbocycles. The summed E-state index contributed by atoms with van der Waals surface area (Å²) in [7, 11) is 0. The zero-order chi connectivity index (χ0) is 10.1. The topological polar surface area (TPSA) is 64.7 Å². The van der Waals surface area contributed by atoms with Gasteiger partial charge in [0, 0.05) is 12.1 Å². The molecule has 14 heavy (non-hydrogen) atoms. The molecule has 76 valence electrons. The normalized spacial score (nSPS) is 15.6. The molecule has 1 aliphatic heterocycles. The number of nitrogens with two attached hydrogens (primary N) is 1. The average molecular weight is 199 g/mol. The minimum Gasteiger partial charge on any atom is -0.453 e. The largest absolute Gasteiger partial charge is 0.453 e. The molecule has 1 aliphatic rings. The van der Waals surface area contributed by atoms with Gasteiger partial charge in [-0.1, -0.05) is 0 Å². The Balaban J connectivity index is 2.48. The van der Waals surface area contributed by atoms with Crippen LogP contribution in [0.3, 0.4) is 0 Å². The van der Waals surface area contributed by atoms with Crippen LogP contribution in [0.15, 0.2) is 12.1 Å². The van der Waals surface area contributed by atoms with Crippen LogP contribution in [0.1, 0.15) is 11.7 Å². The third kappa shape index (κ3) is 1.30. The van der Waals surface area contributed by atoms with E-state index in [1.807, 2.05) is 0 Å². The smallest absolute Gasteiger partial charge is 0.231 e. The van der Waals surface area contributed by atoms with Crippen molar-refractivity contribution in [1.82, 2.24) is 0 Å². The Bertz CT molecular complexity index is 356. The average Bonchev–Trinajstić information content (AvgIpc) is 2.67. The molecule has 0 bridgehead atoms. The Kier molecular flexibility index (Phi) is 2.26. The van der Waals surface area contributed by atoms with E-state index in [2.05, 4.69) is 0 Å². The van der Waals surface area contributed by atoms with Gasteiger partial charge in [-0.05, 0) is 12.1 Å². The monoisotopic (exact) mass is 199 g/mol. The van der Waals surface area contributed by atoms with Crippen LogP contribution in [0.5, 0.6) is 11.5 Å². The summed E-state index contributed by atoms with van der Waals surface area (Å²) in [5.41, 5.74) is 5.76. The maximum Gasteiger partial charge on any atom is 0.231 e. The zero-order valence-electron chi connectivity index (χ0n) is 7.37. The van der Waals surface area contributed by atoms with Crippen molar-refractivity contribution in [1.29, 1.82) is 0 Å². The molecule has 0 saturated carbocycles. The van der Waals surface area contributed by atoms with Gasteiger partial charge >= 0.3 is 0 Å². The first kappa shape index (κ1) is 9.23. The van der Waals surface area contributed by atoms with E-state index in [-0.39, 0.29) is 24.8 Å². The second kappa shape index (κ2) is 3.43. The summed E-state index contributed by atoms with van der Waals surface area (Å²) < 4.78 is 23.1. The summed E-state index contributed by atoms with van der Waals surface area (Å²) in [6, 6.07) is 2.67. The van der Waals surface area contributed by atoms with Gasteiger partial charge in [-0.15, -0.1) is 0 Å². The van der Waals surface area contributed by atoms with Gasteiger partial charge in [0.25, 0.3) is 0 Å². The Morgan fingerprint density at radius 3 is 2.86 bits per heavy atom. The van der Waals surface area contributed by atoms with E-state index < -0.39 is 11.9 Å². The predicted octanol–water partition coefficient (Wildman–Crippen LogP) is 0.546. The maximum atomic E-state index is 13.1. The van der Waals surface area contributed by atoms with Crippen molar-refractivity contribution in [2.75, 3.05) is 13.3 Å². The summed E-state index contributed by atoms with van der Waals surface area (Å²) in [6.07, 6.45) is -0.856.